The molecule has 1 saturated heterocycles. The van der Waals surface area contributed by atoms with Gasteiger partial charge < -0.3 is 9.64 Å². The molecule has 1 atom stereocenters. The molecule has 1 aliphatic rings. The number of piperidine rings is 1. The Hall–Kier alpha value is -1.33. The van der Waals surface area contributed by atoms with Crippen LogP contribution in [-0.4, -0.2) is 36.5 Å². The van der Waals surface area contributed by atoms with Crippen molar-refractivity contribution in [1.82, 2.24) is 4.90 Å². The molecule has 0 aromatic carbocycles. The Bertz CT molecular complexity index is 541. The van der Waals surface area contributed by atoms with Crippen molar-refractivity contribution < 1.29 is 14.3 Å². The number of hydrogen-bond acceptors (Lipinski definition) is 4. The van der Waals surface area contributed by atoms with Crippen LogP contribution in [-0.2, 0) is 14.3 Å². The molecule has 2 heterocycles. The normalized spacial score (nSPS) is 19.0. The van der Waals surface area contributed by atoms with E-state index in [-0.39, 0.29) is 17.8 Å². The highest BCUT2D eigenvalue weighted by molar-refractivity contribution is 7.17. The average molecular weight is 328 g/mol. The van der Waals surface area contributed by atoms with Crippen molar-refractivity contribution >= 4 is 40.9 Å². The van der Waals surface area contributed by atoms with Crippen molar-refractivity contribution in [3.8, 4) is 0 Å². The summed E-state index contributed by atoms with van der Waals surface area (Å²) in [6.07, 6.45) is 4.91. The van der Waals surface area contributed by atoms with E-state index in [2.05, 4.69) is 0 Å². The van der Waals surface area contributed by atoms with E-state index in [0.29, 0.717) is 24.0 Å². The molecular formula is C15H18ClNO3S. The maximum atomic E-state index is 12.2. The molecule has 1 amide bonds. The molecule has 1 aromatic heterocycles. The zero-order valence-corrected chi connectivity index (χ0v) is 13.5. The first-order chi connectivity index (χ1) is 10.1. The summed E-state index contributed by atoms with van der Waals surface area (Å²) in [7, 11) is 0. The molecule has 1 fully saturated rings. The lowest BCUT2D eigenvalue weighted by Crippen LogP contribution is -2.42. The second kappa shape index (κ2) is 7.61. The molecule has 0 aliphatic carbocycles. The molecule has 1 unspecified atom stereocenters. The molecular weight excluding hydrogens is 310 g/mol. The van der Waals surface area contributed by atoms with E-state index in [4.69, 9.17) is 16.3 Å². The lowest BCUT2D eigenvalue weighted by molar-refractivity contribution is -0.150. The third-order valence-electron chi connectivity index (χ3n) is 3.34. The molecule has 0 radical (unpaired) electrons. The highest BCUT2D eigenvalue weighted by atomic mass is 35.5. The summed E-state index contributed by atoms with van der Waals surface area (Å²) in [6.45, 7) is 3.29. The third-order valence-corrected chi connectivity index (χ3v) is 4.53. The van der Waals surface area contributed by atoms with Gasteiger partial charge in [-0.05, 0) is 38.0 Å². The third kappa shape index (κ3) is 4.58. The van der Waals surface area contributed by atoms with Crippen LogP contribution in [0.1, 0.15) is 24.6 Å². The minimum atomic E-state index is -0.205. The number of likely N-dealkylation sites (tertiary alicyclic amines) is 1. The van der Waals surface area contributed by atoms with Crippen LogP contribution in [0.3, 0.4) is 0 Å². The van der Waals surface area contributed by atoms with Crippen LogP contribution in [0.15, 0.2) is 18.2 Å². The second-order valence-electron chi connectivity index (χ2n) is 4.85. The van der Waals surface area contributed by atoms with Crippen LogP contribution >= 0.6 is 22.9 Å². The Labute approximate surface area is 133 Å². The summed E-state index contributed by atoms with van der Waals surface area (Å²) in [5.74, 6) is -0.482. The summed E-state index contributed by atoms with van der Waals surface area (Å²) in [4.78, 5) is 26.6. The Morgan fingerprint density at radius 3 is 3.00 bits per heavy atom. The monoisotopic (exact) mass is 327 g/mol. The predicted molar refractivity (Wildman–Crippen MR) is 84.3 cm³/mol. The van der Waals surface area contributed by atoms with Crippen molar-refractivity contribution in [1.29, 1.82) is 0 Å². The number of ether oxygens (including phenoxy) is 1. The quantitative estimate of drug-likeness (QED) is 0.630. The fraction of sp³-hybridized carbons (Fsp3) is 0.467. The van der Waals surface area contributed by atoms with Gasteiger partial charge in [0.05, 0.1) is 16.9 Å². The van der Waals surface area contributed by atoms with Crippen molar-refractivity contribution in [3.05, 3.63) is 27.4 Å². The van der Waals surface area contributed by atoms with Gasteiger partial charge in [0.15, 0.2) is 0 Å². The van der Waals surface area contributed by atoms with Gasteiger partial charge in [0.1, 0.15) is 0 Å². The van der Waals surface area contributed by atoms with Gasteiger partial charge in [0.25, 0.3) is 0 Å². The first kappa shape index (κ1) is 16.0. The standard InChI is InChI=1S/C15H18ClNO3S/c1-2-20-15(19)11-4-3-9-17(10-11)14(18)8-6-12-5-7-13(16)21-12/h5-8,11H,2-4,9-10H2,1H3. The van der Waals surface area contributed by atoms with E-state index < -0.39 is 0 Å². The summed E-state index contributed by atoms with van der Waals surface area (Å²) in [5, 5.41) is 0. The lowest BCUT2D eigenvalue weighted by Gasteiger charge is -2.30. The maximum absolute atomic E-state index is 12.2. The predicted octanol–water partition coefficient (Wildman–Crippen LogP) is 3.22. The van der Waals surface area contributed by atoms with E-state index in [0.717, 1.165) is 17.7 Å². The van der Waals surface area contributed by atoms with Gasteiger partial charge in [-0.25, -0.2) is 0 Å². The van der Waals surface area contributed by atoms with Crippen LogP contribution in [0.25, 0.3) is 6.08 Å². The molecule has 0 spiro atoms. The van der Waals surface area contributed by atoms with Crippen molar-refractivity contribution in [2.24, 2.45) is 5.92 Å². The van der Waals surface area contributed by atoms with Gasteiger partial charge in [0.2, 0.25) is 5.91 Å². The van der Waals surface area contributed by atoms with Gasteiger partial charge in [-0.3, -0.25) is 9.59 Å². The molecule has 0 bridgehead atoms. The van der Waals surface area contributed by atoms with Gasteiger partial charge in [0, 0.05) is 24.0 Å². The van der Waals surface area contributed by atoms with Crippen LogP contribution in [0.4, 0.5) is 0 Å². The van der Waals surface area contributed by atoms with E-state index in [1.54, 1.807) is 24.0 Å². The maximum Gasteiger partial charge on any atom is 0.310 e. The van der Waals surface area contributed by atoms with E-state index in [9.17, 15) is 9.59 Å². The zero-order valence-electron chi connectivity index (χ0n) is 11.9. The molecule has 0 N–H and O–H groups in total. The SMILES string of the molecule is CCOC(=O)C1CCCN(C(=O)C=Cc2ccc(Cl)s2)C1. The summed E-state index contributed by atoms with van der Waals surface area (Å²) >= 11 is 7.27. The molecule has 6 heteroatoms. The minimum absolute atomic E-state index is 0.0754. The lowest BCUT2D eigenvalue weighted by atomic mass is 9.98. The Kier molecular flexibility index (Phi) is 5.82. The molecule has 0 saturated carbocycles. The number of hydrogen-bond donors (Lipinski definition) is 0. The number of halogens is 1. The average Bonchev–Trinajstić information content (AvgIpc) is 2.91. The van der Waals surface area contributed by atoms with Gasteiger partial charge >= 0.3 is 5.97 Å². The van der Waals surface area contributed by atoms with Crippen LogP contribution in [0, 0.1) is 5.92 Å². The minimum Gasteiger partial charge on any atom is -0.466 e. The smallest absolute Gasteiger partial charge is 0.310 e. The Morgan fingerprint density at radius 1 is 1.52 bits per heavy atom. The van der Waals surface area contributed by atoms with Crippen molar-refractivity contribution in [3.63, 3.8) is 0 Å². The topological polar surface area (TPSA) is 46.6 Å². The van der Waals surface area contributed by atoms with Gasteiger partial charge in [-0.2, -0.15) is 0 Å². The first-order valence-corrected chi connectivity index (χ1v) is 8.18. The van der Waals surface area contributed by atoms with Crippen molar-refractivity contribution in [2.75, 3.05) is 19.7 Å². The van der Waals surface area contributed by atoms with Crippen LogP contribution in [0.2, 0.25) is 4.34 Å². The van der Waals surface area contributed by atoms with E-state index in [1.165, 1.54) is 17.4 Å². The van der Waals surface area contributed by atoms with Gasteiger partial charge in [-0.15, -0.1) is 11.3 Å². The molecule has 1 aromatic rings. The number of rotatable bonds is 4. The largest absolute Gasteiger partial charge is 0.466 e. The molecule has 2 rings (SSSR count). The second-order valence-corrected chi connectivity index (χ2v) is 6.60. The highest BCUT2D eigenvalue weighted by Gasteiger charge is 2.28. The zero-order chi connectivity index (χ0) is 15.2. The number of amides is 1. The molecule has 1 aliphatic heterocycles. The Balaban J connectivity index is 1.92. The van der Waals surface area contributed by atoms with Crippen LogP contribution < -0.4 is 0 Å². The Morgan fingerprint density at radius 2 is 2.33 bits per heavy atom. The highest BCUT2D eigenvalue weighted by Crippen LogP contribution is 2.23. The number of carbonyl (C=O) groups is 2. The van der Waals surface area contributed by atoms with E-state index in [1.807, 2.05) is 6.07 Å². The number of thiophene rings is 1. The van der Waals surface area contributed by atoms with Crippen molar-refractivity contribution in [2.45, 2.75) is 19.8 Å². The summed E-state index contributed by atoms with van der Waals surface area (Å²) in [5.41, 5.74) is 0. The number of esters is 1. The van der Waals surface area contributed by atoms with Crippen LogP contribution in [0.5, 0.6) is 0 Å². The number of nitrogens with zero attached hydrogens (tertiary/aromatic N) is 1. The summed E-state index contributed by atoms with van der Waals surface area (Å²) in [6, 6.07) is 3.67. The fourth-order valence-corrected chi connectivity index (χ4v) is 3.27. The molecule has 114 valence electrons. The van der Waals surface area contributed by atoms with Gasteiger partial charge in [-0.1, -0.05) is 11.6 Å². The molecule has 4 nitrogen and oxygen atoms in total. The van der Waals surface area contributed by atoms with E-state index >= 15 is 0 Å². The number of carbonyl (C=O) groups excluding carboxylic acids is 2. The fourth-order valence-electron chi connectivity index (χ4n) is 2.31. The summed E-state index contributed by atoms with van der Waals surface area (Å²) < 4.78 is 5.73. The molecule has 21 heavy (non-hydrogen) atoms. The first-order valence-electron chi connectivity index (χ1n) is 6.99.